The fourth-order valence-electron chi connectivity index (χ4n) is 2.00. The van der Waals surface area contributed by atoms with Gasteiger partial charge in [-0.3, -0.25) is 20.4 Å². The topological polar surface area (TPSA) is 67.4 Å². The van der Waals surface area contributed by atoms with Crippen molar-refractivity contribution >= 4 is 39.3 Å². The second-order valence-corrected chi connectivity index (χ2v) is 6.73. The van der Waals surface area contributed by atoms with Gasteiger partial charge in [0.25, 0.3) is 5.91 Å². The minimum Gasteiger partial charge on any atom is -0.481 e. The lowest BCUT2D eigenvalue weighted by Gasteiger charge is -2.15. The van der Waals surface area contributed by atoms with Crippen LogP contribution in [0.3, 0.4) is 0 Å². The molecule has 7 heteroatoms. The van der Waals surface area contributed by atoms with Crippen molar-refractivity contribution in [1.29, 1.82) is 0 Å². The molecule has 0 bridgehead atoms. The highest BCUT2D eigenvalue weighted by atomic mass is 79.9. The highest BCUT2D eigenvalue weighted by Gasteiger charge is 2.15. The van der Waals surface area contributed by atoms with Gasteiger partial charge < -0.3 is 4.74 Å². The predicted molar refractivity (Wildman–Crippen MR) is 100 cm³/mol. The van der Waals surface area contributed by atoms with Gasteiger partial charge in [-0.1, -0.05) is 45.7 Å². The van der Waals surface area contributed by atoms with Crippen LogP contribution in [-0.4, -0.2) is 17.9 Å². The molecule has 0 aliphatic carbocycles. The molecule has 0 saturated heterocycles. The first-order valence-electron chi connectivity index (χ1n) is 7.69. The normalized spacial score (nSPS) is 11.5. The molecule has 0 aromatic heterocycles. The van der Waals surface area contributed by atoms with Gasteiger partial charge in [0.15, 0.2) is 6.10 Å². The average Bonchev–Trinajstić information content (AvgIpc) is 2.59. The van der Waals surface area contributed by atoms with Gasteiger partial charge in [-0.05, 0) is 49.2 Å². The van der Waals surface area contributed by atoms with E-state index < -0.39 is 12.0 Å². The first-order valence-corrected chi connectivity index (χ1v) is 8.86. The SMILES string of the molecule is CC(Oc1cccc(Br)c1)C(=O)NNC(=O)CCc1ccc(Cl)cc1. The van der Waals surface area contributed by atoms with Crippen LogP contribution in [0.2, 0.25) is 5.02 Å². The molecule has 0 spiro atoms. The molecule has 0 aliphatic rings. The first-order chi connectivity index (χ1) is 11.9. The molecule has 0 fully saturated rings. The molecule has 1 unspecified atom stereocenters. The number of hydrogen-bond acceptors (Lipinski definition) is 3. The van der Waals surface area contributed by atoms with Gasteiger partial charge in [-0.15, -0.1) is 0 Å². The Morgan fingerprint density at radius 2 is 1.88 bits per heavy atom. The molecule has 0 radical (unpaired) electrons. The molecule has 5 nitrogen and oxygen atoms in total. The number of hydrazine groups is 1. The van der Waals surface area contributed by atoms with Crippen molar-refractivity contribution < 1.29 is 14.3 Å². The number of ether oxygens (including phenoxy) is 1. The van der Waals surface area contributed by atoms with E-state index in [9.17, 15) is 9.59 Å². The summed E-state index contributed by atoms with van der Waals surface area (Å²) in [4.78, 5) is 23.8. The zero-order valence-electron chi connectivity index (χ0n) is 13.6. The van der Waals surface area contributed by atoms with Gasteiger partial charge in [-0.2, -0.15) is 0 Å². The van der Waals surface area contributed by atoms with E-state index in [-0.39, 0.29) is 12.3 Å². The van der Waals surface area contributed by atoms with Crippen molar-refractivity contribution in [3.63, 3.8) is 0 Å². The van der Waals surface area contributed by atoms with Gasteiger partial charge in [-0.25, -0.2) is 0 Å². The minimum absolute atomic E-state index is 0.253. The van der Waals surface area contributed by atoms with Crippen LogP contribution in [-0.2, 0) is 16.0 Å². The fourth-order valence-corrected chi connectivity index (χ4v) is 2.51. The quantitative estimate of drug-likeness (QED) is 0.694. The number of nitrogens with one attached hydrogen (secondary N) is 2. The molecule has 0 heterocycles. The van der Waals surface area contributed by atoms with Gasteiger partial charge in [0, 0.05) is 15.9 Å². The van der Waals surface area contributed by atoms with Crippen LogP contribution < -0.4 is 15.6 Å². The molecular formula is C18H18BrClN2O3. The Balaban J connectivity index is 1.72. The van der Waals surface area contributed by atoms with Crippen molar-refractivity contribution in [2.45, 2.75) is 25.9 Å². The molecule has 0 saturated carbocycles. The van der Waals surface area contributed by atoms with E-state index in [1.807, 2.05) is 24.3 Å². The van der Waals surface area contributed by atoms with Crippen molar-refractivity contribution in [2.24, 2.45) is 0 Å². The molecule has 2 rings (SSSR count). The zero-order valence-corrected chi connectivity index (χ0v) is 15.9. The largest absolute Gasteiger partial charge is 0.481 e. The summed E-state index contributed by atoms with van der Waals surface area (Å²) in [6, 6.07) is 14.5. The maximum absolute atomic E-state index is 12.0. The highest BCUT2D eigenvalue weighted by molar-refractivity contribution is 9.10. The number of carbonyl (C=O) groups excluding carboxylic acids is 2. The summed E-state index contributed by atoms with van der Waals surface area (Å²) in [5, 5.41) is 0.653. The van der Waals surface area contributed by atoms with E-state index in [0.29, 0.717) is 17.2 Å². The second kappa shape index (κ2) is 9.44. The maximum atomic E-state index is 12.0. The van der Waals surface area contributed by atoms with Crippen LogP contribution in [0.5, 0.6) is 5.75 Å². The number of benzene rings is 2. The van der Waals surface area contributed by atoms with Crippen LogP contribution >= 0.6 is 27.5 Å². The molecule has 25 heavy (non-hydrogen) atoms. The molecule has 2 amide bonds. The van der Waals surface area contributed by atoms with Crippen LogP contribution in [0.25, 0.3) is 0 Å². The van der Waals surface area contributed by atoms with Crippen molar-refractivity contribution in [1.82, 2.24) is 10.9 Å². The molecule has 132 valence electrons. The van der Waals surface area contributed by atoms with E-state index in [1.54, 1.807) is 31.2 Å². The lowest BCUT2D eigenvalue weighted by Crippen LogP contribution is -2.47. The van der Waals surface area contributed by atoms with Crippen LogP contribution in [0, 0.1) is 0 Å². The van der Waals surface area contributed by atoms with Crippen LogP contribution in [0.4, 0.5) is 0 Å². The number of rotatable bonds is 6. The van der Waals surface area contributed by atoms with E-state index >= 15 is 0 Å². The molecular weight excluding hydrogens is 408 g/mol. The zero-order chi connectivity index (χ0) is 18.2. The molecule has 2 aromatic rings. The smallest absolute Gasteiger partial charge is 0.279 e. The summed E-state index contributed by atoms with van der Waals surface area (Å²) in [5.41, 5.74) is 5.75. The molecule has 2 aromatic carbocycles. The van der Waals surface area contributed by atoms with Gasteiger partial charge in [0.05, 0.1) is 0 Å². The van der Waals surface area contributed by atoms with E-state index in [0.717, 1.165) is 10.0 Å². The van der Waals surface area contributed by atoms with Crippen LogP contribution in [0.15, 0.2) is 53.0 Å². The van der Waals surface area contributed by atoms with E-state index in [1.165, 1.54) is 0 Å². The van der Waals surface area contributed by atoms with Gasteiger partial charge in [0.2, 0.25) is 5.91 Å². The summed E-state index contributed by atoms with van der Waals surface area (Å²) < 4.78 is 6.38. The van der Waals surface area contributed by atoms with E-state index in [2.05, 4.69) is 26.8 Å². The number of hydrogen-bond donors (Lipinski definition) is 2. The maximum Gasteiger partial charge on any atom is 0.279 e. The summed E-state index contributed by atoms with van der Waals surface area (Å²) in [6.45, 7) is 1.61. The third-order valence-corrected chi connectivity index (χ3v) is 4.10. The Bertz CT molecular complexity index is 737. The summed E-state index contributed by atoms with van der Waals surface area (Å²) in [6.07, 6.45) is 0.0667. The highest BCUT2D eigenvalue weighted by Crippen LogP contribution is 2.18. The first kappa shape index (κ1) is 19.3. The summed E-state index contributed by atoms with van der Waals surface area (Å²) in [5.74, 6) is -0.149. The van der Waals surface area contributed by atoms with Gasteiger partial charge >= 0.3 is 0 Å². The van der Waals surface area contributed by atoms with Crippen LogP contribution in [0.1, 0.15) is 18.9 Å². The standard InChI is InChI=1S/C18H18BrClN2O3/c1-12(25-16-4-2-3-14(19)11-16)18(24)22-21-17(23)10-7-13-5-8-15(20)9-6-13/h2-6,8-9,11-12H,7,10H2,1H3,(H,21,23)(H,22,24). The monoisotopic (exact) mass is 424 g/mol. The average molecular weight is 426 g/mol. The second-order valence-electron chi connectivity index (χ2n) is 5.38. The number of aryl methyl sites for hydroxylation is 1. The Morgan fingerprint density at radius 1 is 1.16 bits per heavy atom. The Kier molecular flexibility index (Phi) is 7.28. The van der Waals surface area contributed by atoms with Crippen molar-refractivity contribution in [3.8, 4) is 5.75 Å². The molecule has 1 atom stereocenters. The fraction of sp³-hybridized carbons (Fsp3) is 0.222. The van der Waals surface area contributed by atoms with E-state index in [4.69, 9.17) is 16.3 Å². The number of amides is 2. The Morgan fingerprint density at radius 3 is 2.56 bits per heavy atom. The third kappa shape index (κ3) is 6.76. The lowest BCUT2D eigenvalue weighted by molar-refractivity contribution is -0.132. The predicted octanol–water partition coefficient (Wildman–Crippen LogP) is 3.65. The molecule has 0 aliphatic heterocycles. The van der Waals surface area contributed by atoms with Crippen molar-refractivity contribution in [3.05, 3.63) is 63.6 Å². The molecule has 2 N–H and O–H groups in total. The number of carbonyl (C=O) groups is 2. The Labute approximate surface area is 159 Å². The number of halogens is 2. The lowest BCUT2D eigenvalue weighted by atomic mass is 10.1. The summed E-state index contributed by atoms with van der Waals surface area (Å²) in [7, 11) is 0. The summed E-state index contributed by atoms with van der Waals surface area (Å²) >= 11 is 9.15. The minimum atomic E-state index is -0.745. The van der Waals surface area contributed by atoms with Gasteiger partial charge in [0.1, 0.15) is 5.75 Å². The van der Waals surface area contributed by atoms with Crippen molar-refractivity contribution in [2.75, 3.05) is 0 Å². The third-order valence-electron chi connectivity index (χ3n) is 3.36. The Hall–Kier alpha value is -2.05.